The summed E-state index contributed by atoms with van der Waals surface area (Å²) in [4.78, 5) is 0. The van der Waals surface area contributed by atoms with Gasteiger partial charge in [0, 0.05) is 0 Å². The van der Waals surface area contributed by atoms with Crippen LogP contribution in [0.1, 0.15) is 0 Å². The first-order chi connectivity index (χ1) is 24.5. The Morgan fingerprint density at radius 2 is 0.148 bits per heavy atom. The number of halogens is 54. The molecule has 0 aliphatic rings. The molecular formula is I54. The van der Waals surface area contributed by atoms with Crippen molar-refractivity contribution in [1.29, 1.82) is 0 Å². The Kier molecular flexibility index (Phi) is 96.9. The topological polar surface area (TPSA) is 0 Å². The molecule has 0 aromatic heterocycles. The van der Waals surface area contributed by atoms with Crippen LogP contribution in [0, 0.1) is 0 Å². The fraction of sp³-hybridized carbons (Fsp3) is 0. The van der Waals surface area contributed by atoms with Crippen molar-refractivity contribution in [2.45, 2.75) is 0 Å². The molecule has 0 radical (unpaired) electrons. The molecule has 378 valence electrons. The van der Waals surface area contributed by atoms with Crippen LogP contribution in [0.5, 0.6) is 0 Å². The second kappa shape index (κ2) is 56.0. The first-order valence-corrected chi connectivity index (χ1v) is 341. The van der Waals surface area contributed by atoms with E-state index in [1.165, 1.54) is 0 Å². The third-order valence-electron chi connectivity index (χ3n) is 2.04. The molecule has 54 heteroatoms. The minimum absolute atomic E-state index is 0.468. The van der Waals surface area contributed by atoms with Crippen LogP contribution >= 0.6 is 726 Å². The van der Waals surface area contributed by atoms with Gasteiger partial charge in [0.1, 0.15) is 0 Å². The summed E-state index contributed by atoms with van der Waals surface area (Å²) in [5.41, 5.74) is 0. The van der Waals surface area contributed by atoms with Gasteiger partial charge in [-0.2, -0.15) is 0 Å². The number of rotatable bonds is 25. The van der Waals surface area contributed by atoms with E-state index >= 15 is 0 Å². The van der Waals surface area contributed by atoms with Crippen LogP contribution in [0.2, 0.25) is 0 Å². The maximum absolute atomic E-state index is 3.40. The Balaban J connectivity index is 5.61. The fourth-order valence-electron chi connectivity index (χ4n) is 0.741. The average molecular weight is 6850 g/mol. The van der Waals surface area contributed by atoms with Crippen LogP contribution in [0.4, 0.5) is 0 Å². The van der Waals surface area contributed by atoms with Crippen LogP contribution in [-0.2, 0) is 0 Å². The van der Waals surface area contributed by atoms with Gasteiger partial charge in [-0.15, -0.1) is 0 Å². The molecule has 0 amide bonds. The molecule has 0 bridgehead atoms. The molecule has 0 fully saturated rings. The van der Waals surface area contributed by atoms with Gasteiger partial charge in [-0.25, -0.2) is 0 Å². The Bertz CT molecular complexity index is 899. The van der Waals surface area contributed by atoms with E-state index in [0.717, 1.165) is 0 Å². The van der Waals surface area contributed by atoms with E-state index in [-0.39, 0.29) is 0 Å². The molecule has 0 atom stereocenters. The van der Waals surface area contributed by atoms with Gasteiger partial charge < -0.3 is 0 Å². The zero-order valence-corrected chi connectivity index (χ0v) is 137. The zero-order valence-electron chi connectivity index (χ0n) is 20.4. The summed E-state index contributed by atoms with van der Waals surface area (Å²) in [5.74, 6) is 0. The van der Waals surface area contributed by atoms with Gasteiger partial charge in [-0.3, -0.25) is 0 Å². The summed E-state index contributed by atoms with van der Waals surface area (Å²) in [6, 6.07) is 0. The molecule has 0 unspecified atom stereocenters. The van der Waals surface area contributed by atoms with E-state index in [2.05, 4.69) is 521 Å². The molecule has 0 spiro atoms. The van der Waals surface area contributed by atoms with E-state index in [9.17, 15) is 0 Å². The molecule has 0 rings (SSSR count). The quantitative estimate of drug-likeness (QED) is 0.0799. The first-order valence-electron chi connectivity index (χ1n) is 7.57. The van der Waals surface area contributed by atoms with Crippen molar-refractivity contribution in [3.8, 4) is 0 Å². The maximum atomic E-state index is 3.40. The van der Waals surface area contributed by atoms with Gasteiger partial charge in [0.05, 0.1) is 0 Å². The van der Waals surface area contributed by atoms with E-state index in [0.29, 0.717) is 0 Å². The van der Waals surface area contributed by atoms with E-state index in [1.807, 2.05) is 0 Å². The molecule has 0 nitrogen and oxygen atoms in total. The minimum atomic E-state index is -0.588. The summed E-state index contributed by atoms with van der Waals surface area (Å²) >= 11 is 91.9. The second-order valence-electron chi connectivity index (χ2n) is 4.21. The molecule has 0 saturated carbocycles. The number of hydrogen-bond acceptors (Lipinski definition) is 0. The van der Waals surface area contributed by atoms with E-state index in [4.69, 9.17) is 0 Å². The summed E-state index contributed by atoms with van der Waals surface area (Å²) in [5, 5.41) is 0. The molecular weight excluding hydrogens is 6850 g/mol. The Hall–Kier alpha value is 39.4. The summed E-state index contributed by atoms with van der Waals surface area (Å²) in [6.45, 7) is 0. The van der Waals surface area contributed by atoms with Gasteiger partial charge in [-0.05, 0) is 0 Å². The van der Waals surface area contributed by atoms with Gasteiger partial charge in [0.15, 0.2) is 0 Å². The van der Waals surface area contributed by atoms with Crippen LogP contribution in [0.3, 0.4) is 0 Å². The molecule has 0 aliphatic carbocycles. The van der Waals surface area contributed by atoms with Gasteiger partial charge in [0.2, 0.25) is 0 Å². The fourth-order valence-corrected chi connectivity index (χ4v) is 10100. The molecule has 0 aromatic rings. The zero-order chi connectivity index (χ0) is 43.0. The van der Waals surface area contributed by atoms with Crippen LogP contribution in [0.25, 0.3) is 0 Å². The van der Waals surface area contributed by atoms with Crippen molar-refractivity contribution in [3.63, 3.8) is 0 Å². The van der Waals surface area contributed by atoms with E-state index in [1.54, 1.807) is 0 Å². The Morgan fingerprint density at radius 3 is 0.204 bits per heavy atom. The molecule has 0 aromatic carbocycles. The van der Waals surface area contributed by atoms with Gasteiger partial charge in [0.25, 0.3) is 0 Å². The average Bonchev–Trinajstić information content (AvgIpc) is 3.16. The van der Waals surface area contributed by atoms with Crippen molar-refractivity contribution in [3.05, 3.63) is 0 Å². The van der Waals surface area contributed by atoms with Crippen LogP contribution in [0.15, 0.2) is 0 Å². The SMILES string of the molecule is II(I)I(I)I(I)I(I)I(I)I(I)I(I)I(I)I(I)I(I)I(I)I(I)I(I)I(I)I(I)I(I)I(I)I(I)I(I)I(I)I(I)I(I)I(I)I(I)I(I)I(I)I. The third kappa shape index (κ3) is 38.5. The van der Waals surface area contributed by atoms with Crippen molar-refractivity contribution >= 4 is 726 Å². The predicted octanol–water partition coefficient (Wildman–Crippen LogP) is 47.8. The van der Waals surface area contributed by atoms with Gasteiger partial charge >= 0.3 is 726 Å². The molecule has 0 aliphatic heterocycles. The number of hydrogen-bond donors (Lipinski definition) is 0. The van der Waals surface area contributed by atoms with Crippen molar-refractivity contribution in [2.75, 3.05) is 0 Å². The molecule has 54 heavy (non-hydrogen) atoms. The normalized spacial score (nSPS) is 18.9. The predicted molar refractivity (Wildman–Crippen MR) is 757 cm³/mol. The summed E-state index contributed by atoms with van der Waals surface area (Å²) < 4.78 is 0. The first kappa shape index (κ1) is 93.4. The Morgan fingerprint density at radius 1 is 0.0926 bits per heavy atom. The van der Waals surface area contributed by atoms with Crippen LogP contribution in [-0.4, -0.2) is 0 Å². The summed E-state index contributed by atoms with van der Waals surface area (Å²) in [6.07, 6.45) is 0. The van der Waals surface area contributed by atoms with Gasteiger partial charge in [-0.1, -0.05) is 0 Å². The summed E-state index contributed by atoms with van der Waals surface area (Å²) in [7, 11) is -14.2. The Labute approximate surface area is 683 Å². The second-order valence-corrected chi connectivity index (χ2v) is 1270. The van der Waals surface area contributed by atoms with Crippen molar-refractivity contribution < 1.29 is 0 Å². The van der Waals surface area contributed by atoms with Crippen molar-refractivity contribution in [2.24, 2.45) is 0 Å². The monoisotopic (exact) mass is 6850 g/mol. The van der Waals surface area contributed by atoms with Crippen molar-refractivity contribution in [1.82, 2.24) is 0 Å². The standard InChI is InChI=1S/I54/c1-29(2)31(5)33(7)35(9)37(11)39(13)41(15)43(17)45(19)47(21)49(23)51(25)53(27)54(28)52(26)50(24)48(22)46(20)44(18)42(16)40(14)38(12)36(10)34(8)32(6)30(3)4. The van der Waals surface area contributed by atoms with E-state index < -0.39 is 205 Å². The molecule has 0 N–H and O–H groups in total. The molecule has 0 heterocycles. The third-order valence-corrected chi connectivity index (χ3v) is 4130. The van der Waals surface area contributed by atoms with Crippen LogP contribution < -0.4 is 0 Å². The molecule has 0 saturated heterocycles.